The zero-order valence-electron chi connectivity index (χ0n) is 19.3. The summed E-state index contributed by atoms with van der Waals surface area (Å²) in [6.07, 6.45) is 7.75. The van der Waals surface area contributed by atoms with E-state index in [9.17, 15) is 0 Å². The van der Waals surface area contributed by atoms with Crippen LogP contribution in [0.25, 0.3) is 32.2 Å². The highest BCUT2D eigenvalue weighted by Gasteiger charge is 2.35. The van der Waals surface area contributed by atoms with Crippen LogP contribution in [0.5, 0.6) is 5.75 Å². The van der Waals surface area contributed by atoms with Crippen LogP contribution in [0.4, 0.5) is 11.5 Å². The Kier molecular flexibility index (Phi) is 5.15. The molecule has 3 aromatic heterocycles. The van der Waals surface area contributed by atoms with Gasteiger partial charge in [0.25, 0.3) is 0 Å². The lowest BCUT2D eigenvalue weighted by molar-refractivity contribution is 0.0206. The van der Waals surface area contributed by atoms with Crippen LogP contribution in [0.2, 0.25) is 0 Å². The highest BCUT2D eigenvalue weighted by molar-refractivity contribution is 7.16. The molecule has 1 N–H and O–H groups in total. The molecule has 0 saturated heterocycles. The summed E-state index contributed by atoms with van der Waals surface area (Å²) in [6.45, 7) is 0. The minimum absolute atomic E-state index is 0.129. The van der Waals surface area contributed by atoms with Gasteiger partial charge in [-0.05, 0) is 62.8 Å². The molecule has 0 unspecified atom stereocenters. The standard InChI is InChI=1S/C25H25N7OS/c1-31(2)20-6-7-21(20)33-22-9-15(16-11-29-32(3)12-16)8-19-24(22)25(27-13-26-19)30-17-4-5-18-23(10-17)34-14-28-18/h4-5,8-14,20-21H,6-7H2,1-3H3,(H,26,27,30)/t20-,21-/m1/s1. The van der Waals surface area contributed by atoms with E-state index in [-0.39, 0.29) is 6.10 Å². The number of nitrogens with one attached hydrogen (secondary N) is 1. The lowest BCUT2D eigenvalue weighted by atomic mass is 9.88. The summed E-state index contributed by atoms with van der Waals surface area (Å²) in [7, 11) is 6.13. The predicted molar refractivity (Wildman–Crippen MR) is 136 cm³/mol. The normalized spacial score (nSPS) is 17.9. The summed E-state index contributed by atoms with van der Waals surface area (Å²) in [6, 6.07) is 10.7. The number of ether oxygens (including phenoxy) is 1. The Labute approximate surface area is 201 Å². The van der Waals surface area contributed by atoms with E-state index < -0.39 is 0 Å². The van der Waals surface area contributed by atoms with Crippen molar-refractivity contribution in [2.45, 2.75) is 25.0 Å². The van der Waals surface area contributed by atoms with Gasteiger partial charge >= 0.3 is 0 Å². The van der Waals surface area contributed by atoms with Crippen molar-refractivity contribution in [1.29, 1.82) is 0 Å². The molecule has 1 saturated carbocycles. The van der Waals surface area contributed by atoms with Gasteiger partial charge in [0.2, 0.25) is 0 Å². The van der Waals surface area contributed by atoms with Gasteiger partial charge in [0, 0.05) is 30.5 Å². The van der Waals surface area contributed by atoms with Gasteiger partial charge < -0.3 is 15.0 Å². The number of benzene rings is 2. The van der Waals surface area contributed by atoms with Crippen LogP contribution in [0, 0.1) is 0 Å². The highest BCUT2D eigenvalue weighted by Crippen LogP contribution is 2.39. The van der Waals surface area contributed by atoms with E-state index in [1.165, 1.54) is 0 Å². The molecule has 0 amide bonds. The largest absolute Gasteiger partial charge is 0.488 e. The minimum Gasteiger partial charge on any atom is -0.488 e. The van der Waals surface area contributed by atoms with E-state index in [2.05, 4.69) is 62.6 Å². The zero-order valence-corrected chi connectivity index (χ0v) is 20.1. The molecule has 1 aliphatic rings. The Morgan fingerprint density at radius 2 is 1.97 bits per heavy atom. The molecule has 9 heteroatoms. The average Bonchev–Trinajstić information content (AvgIpc) is 3.44. The van der Waals surface area contributed by atoms with Gasteiger partial charge in [-0.1, -0.05) is 0 Å². The maximum Gasteiger partial charge on any atom is 0.145 e. The third-order valence-electron chi connectivity index (χ3n) is 6.45. The van der Waals surface area contributed by atoms with Crippen LogP contribution in [-0.2, 0) is 7.05 Å². The molecule has 172 valence electrons. The number of aromatic nitrogens is 5. The summed E-state index contributed by atoms with van der Waals surface area (Å²) in [5, 5.41) is 8.72. The molecule has 0 radical (unpaired) electrons. The number of likely N-dealkylation sites (N-methyl/N-ethyl adjacent to an activating group) is 1. The van der Waals surface area contributed by atoms with Crippen LogP contribution in [0.15, 0.2) is 54.6 Å². The number of hydrogen-bond acceptors (Lipinski definition) is 8. The van der Waals surface area contributed by atoms with Crippen molar-refractivity contribution >= 4 is 44.0 Å². The van der Waals surface area contributed by atoms with Gasteiger partial charge in [0.15, 0.2) is 0 Å². The first-order valence-corrected chi connectivity index (χ1v) is 12.1. The number of thiazole rings is 1. The van der Waals surface area contributed by atoms with E-state index in [0.29, 0.717) is 6.04 Å². The third kappa shape index (κ3) is 3.76. The second kappa shape index (κ2) is 8.34. The number of nitrogens with zero attached hydrogens (tertiary/aromatic N) is 6. The van der Waals surface area contributed by atoms with E-state index in [4.69, 9.17) is 4.74 Å². The van der Waals surface area contributed by atoms with Crippen molar-refractivity contribution < 1.29 is 4.74 Å². The maximum atomic E-state index is 6.65. The van der Waals surface area contributed by atoms with Crippen LogP contribution in [0.1, 0.15) is 12.8 Å². The molecule has 0 aliphatic heterocycles. The molecule has 1 fully saturated rings. The van der Waals surface area contributed by atoms with Gasteiger partial charge in [-0.2, -0.15) is 5.10 Å². The molecule has 0 bridgehead atoms. The second-order valence-electron chi connectivity index (χ2n) is 8.92. The minimum atomic E-state index is 0.129. The maximum absolute atomic E-state index is 6.65. The summed E-state index contributed by atoms with van der Waals surface area (Å²) in [4.78, 5) is 15.8. The van der Waals surface area contributed by atoms with Gasteiger partial charge in [-0.15, -0.1) is 11.3 Å². The first kappa shape index (κ1) is 21.0. The van der Waals surface area contributed by atoms with E-state index >= 15 is 0 Å². The molecule has 8 nitrogen and oxygen atoms in total. The average molecular weight is 472 g/mol. The summed E-state index contributed by atoms with van der Waals surface area (Å²) in [5.74, 6) is 1.51. The fourth-order valence-corrected chi connectivity index (χ4v) is 5.21. The monoisotopic (exact) mass is 471 g/mol. The third-order valence-corrected chi connectivity index (χ3v) is 7.24. The molecule has 2 aromatic carbocycles. The van der Waals surface area contributed by atoms with E-state index in [1.807, 2.05) is 37.1 Å². The molecule has 6 rings (SSSR count). The first-order valence-electron chi connectivity index (χ1n) is 11.3. The van der Waals surface area contributed by atoms with Crippen LogP contribution >= 0.6 is 11.3 Å². The number of rotatable bonds is 6. The lowest BCUT2D eigenvalue weighted by Crippen LogP contribution is -2.50. The van der Waals surface area contributed by atoms with Gasteiger partial charge in [-0.25, -0.2) is 15.0 Å². The Morgan fingerprint density at radius 3 is 2.74 bits per heavy atom. The Morgan fingerprint density at radius 1 is 1.06 bits per heavy atom. The SMILES string of the molecule is CN(C)[C@@H]1CC[C@H]1Oc1cc(-c2cnn(C)c2)cc2ncnc(Nc3ccc4ncsc4c3)c12. The molecule has 34 heavy (non-hydrogen) atoms. The summed E-state index contributed by atoms with van der Waals surface area (Å²) in [5.41, 5.74) is 6.68. The number of hydrogen-bond donors (Lipinski definition) is 1. The Hall–Kier alpha value is -3.56. The summed E-state index contributed by atoms with van der Waals surface area (Å²) >= 11 is 1.62. The number of aryl methyl sites for hydroxylation is 1. The molecular weight excluding hydrogens is 446 g/mol. The van der Waals surface area contributed by atoms with E-state index in [0.717, 1.165) is 62.3 Å². The van der Waals surface area contributed by atoms with Crippen molar-refractivity contribution in [3.63, 3.8) is 0 Å². The van der Waals surface area contributed by atoms with Crippen LogP contribution < -0.4 is 10.1 Å². The van der Waals surface area contributed by atoms with Crippen molar-refractivity contribution in [1.82, 2.24) is 29.6 Å². The fourth-order valence-electron chi connectivity index (χ4n) is 4.49. The predicted octanol–water partition coefficient (Wildman–Crippen LogP) is 4.86. The quantitative estimate of drug-likeness (QED) is 0.379. The number of fused-ring (bicyclic) bond motifs is 2. The molecule has 1 aliphatic carbocycles. The smallest absolute Gasteiger partial charge is 0.145 e. The van der Waals surface area contributed by atoms with Crippen LogP contribution in [0.3, 0.4) is 0 Å². The molecule has 2 atom stereocenters. The Bertz CT molecular complexity index is 1490. The molecule has 5 aromatic rings. The van der Waals surface area contributed by atoms with Gasteiger partial charge in [-0.3, -0.25) is 4.68 Å². The van der Waals surface area contributed by atoms with Gasteiger partial charge in [0.05, 0.1) is 32.8 Å². The van der Waals surface area contributed by atoms with Crippen molar-refractivity contribution in [2.24, 2.45) is 7.05 Å². The number of anilines is 2. The molecule has 3 heterocycles. The second-order valence-corrected chi connectivity index (χ2v) is 9.80. The van der Waals surface area contributed by atoms with Crippen molar-refractivity contribution in [3.8, 4) is 16.9 Å². The summed E-state index contributed by atoms with van der Waals surface area (Å²) < 4.78 is 9.57. The highest BCUT2D eigenvalue weighted by atomic mass is 32.1. The Balaban J connectivity index is 1.46. The molecular formula is C25H25N7OS. The first-order chi connectivity index (χ1) is 16.5. The lowest BCUT2D eigenvalue weighted by Gasteiger charge is -2.41. The van der Waals surface area contributed by atoms with Crippen LogP contribution in [-0.4, -0.2) is 55.9 Å². The van der Waals surface area contributed by atoms with Crippen molar-refractivity contribution in [3.05, 3.63) is 54.6 Å². The van der Waals surface area contributed by atoms with E-state index in [1.54, 1.807) is 22.3 Å². The zero-order chi connectivity index (χ0) is 23.2. The molecule has 0 spiro atoms. The topological polar surface area (TPSA) is 81.0 Å². The van der Waals surface area contributed by atoms with Gasteiger partial charge in [0.1, 0.15) is 24.0 Å². The van der Waals surface area contributed by atoms with Crippen molar-refractivity contribution in [2.75, 3.05) is 19.4 Å². The fraction of sp³-hybridized carbons (Fsp3) is 0.280.